The first-order valence-corrected chi connectivity index (χ1v) is 9.60. The average molecular weight is 349 g/mol. The molecule has 1 aromatic carbocycles. The Balaban J connectivity index is 1.41. The minimum atomic E-state index is 0.551. The molecule has 0 radical (unpaired) electrons. The molecule has 0 saturated carbocycles. The first-order valence-electron chi connectivity index (χ1n) is 9.60. The van der Waals surface area contributed by atoms with Gasteiger partial charge in [-0.1, -0.05) is 37.3 Å². The SMILES string of the molecule is CCc1nc(CN2CCC(c3[nH]ncc3-c3ccccc3)CC2)c(C)[nH]1. The van der Waals surface area contributed by atoms with E-state index in [0.29, 0.717) is 5.92 Å². The number of nitrogens with zero attached hydrogens (tertiary/aromatic N) is 3. The molecule has 1 aliphatic heterocycles. The second-order valence-electron chi connectivity index (χ2n) is 7.22. The summed E-state index contributed by atoms with van der Waals surface area (Å²) in [6.07, 6.45) is 5.25. The topological polar surface area (TPSA) is 60.6 Å². The van der Waals surface area contributed by atoms with Gasteiger partial charge in [0.2, 0.25) is 0 Å². The van der Waals surface area contributed by atoms with E-state index in [1.807, 2.05) is 6.20 Å². The molecule has 0 spiro atoms. The maximum atomic E-state index is 4.73. The van der Waals surface area contributed by atoms with Gasteiger partial charge in [-0.3, -0.25) is 10.00 Å². The summed E-state index contributed by atoms with van der Waals surface area (Å²) in [6.45, 7) is 7.42. The maximum absolute atomic E-state index is 4.73. The first-order chi connectivity index (χ1) is 12.7. The van der Waals surface area contributed by atoms with E-state index in [9.17, 15) is 0 Å². The molecule has 0 unspecified atom stereocenters. The van der Waals surface area contributed by atoms with Gasteiger partial charge in [-0.2, -0.15) is 5.10 Å². The van der Waals surface area contributed by atoms with E-state index in [1.54, 1.807) is 0 Å². The van der Waals surface area contributed by atoms with Crippen LogP contribution in [0.5, 0.6) is 0 Å². The molecular weight excluding hydrogens is 322 g/mol. The maximum Gasteiger partial charge on any atom is 0.106 e. The number of nitrogens with one attached hydrogen (secondary N) is 2. The summed E-state index contributed by atoms with van der Waals surface area (Å²) < 4.78 is 0. The molecule has 1 aliphatic rings. The lowest BCUT2D eigenvalue weighted by Gasteiger charge is -2.31. The highest BCUT2D eigenvalue weighted by molar-refractivity contribution is 5.65. The van der Waals surface area contributed by atoms with Crippen molar-refractivity contribution in [1.29, 1.82) is 0 Å². The Bertz CT molecular complexity index is 840. The fraction of sp³-hybridized carbons (Fsp3) is 0.429. The van der Waals surface area contributed by atoms with E-state index in [4.69, 9.17) is 4.98 Å². The van der Waals surface area contributed by atoms with Crippen LogP contribution in [0.25, 0.3) is 11.1 Å². The number of H-pyrrole nitrogens is 2. The highest BCUT2D eigenvalue weighted by Gasteiger charge is 2.25. The summed E-state index contributed by atoms with van der Waals surface area (Å²) in [5.41, 5.74) is 6.20. The van der Waals surface area contributed by atoms with Crippen molar-refractivity contribution in [2.24, 2.45) is 0 Å². The van der Waals surface area contributed by atoms with Crippen LogP contribution in [0, 0.1) is 6.92 Å². The Morgan fingerprint density at radius 2 is 1.92 bits per heavy atom. The van der Waals surface area contributed by atoms with Crippen molar-refractivity contribution in [3.8, 4) is 11.1 Å². The Kier molecular flexibility index (Phi) is 4.89. The lowest BCUT2D eigenvalue weighted by Crippen LogP contribution is -2.33. The Labute approximate surface area is 154 Å². The highest BCUT2D eigenvalue weighted by Crippen LogP contribution is 2.34. The van der Waals surface area contributed by atoms with Crippen LogP contribution in [0.1, 0.15) is 48.6 Å². The minimum absolute atomic E-state index is 0.551. The summed E-state index contributed by atoms with van der Waals surface area (Å²) in [5, 5.41) is 7.60. The van der Waals surface area contributed by atoms with Gasteiger partial charge < -0.3 is 4.98 Å². The Morgan fingerprint density at radius 3 is 2.62 bits per heavy atom. The van der Waals surface area contributed by atoms with Crippen molar-refractivity contribution >= 4 is 0 Å². The second-order valence-corrected chi connectivity index (χ2v) is 7.22. The quantitative estimate of drug-likeness (QED) is 0.730. The smallest absolute Gasteiger partial charge is 0.106 e. The van der Waals surface area contributed by atoms with Crippen LogP contribution in [0.3, 0.4) is 0 Å². The van der Waals surface area contributed by atoms with Crippen molar-refractivity contribution < 1.29 is 0 Å². The summed E-state index contributed by atoms with van der Waals surface area (Å²) in [5.74, 6) is 1.65. The van der Waals surface area contributed by atoms with E-state index in [-0.39, 0.29) is 0 Å². The molecule has 5 heteroatoms. The van der Waals surface area contributed by atoms with E-state index in [0.717, 1.165) is 44.7 Å². The van der Waals surface area contributed by atoms with Crippen molar-refractivity contribution in [3.63, 3.8) is 0 Å². The van der Waals surface area contributed by atoms with Crippen molar-refractivity contribution in [2.75, 3.05) is 13.1 Å². The summed E-state index contributed by atoms with van der Waals surface area (Å²) in [7, 11) is 0. The van der Waals surface area contributed by atoms with Gasteiger partial charge >= 0.3 is 0 Å². The number of piperidine rings is 1. The second kappa shape index (κ2) is 7.46. The average Bonchev–Trinajstić information content (AvgIpc) is 3.30. The molecule has 0 atom stereocenters. The third kappa shape index (κ3) is 3.44. The van der Waals surface area contributed by atoms with Crippen LogP contribution in [0.2, 0.25) is 0 Å². The summed E-state index contributed by atoms with van der Waals surface area (Å²) in [6, 6.07) is 10.6. The van der Waals surface area contributed by atoms with Crippen molar-refractivity contribution in [2.45, 2.75) is 45.6 Å². The number of benzene rings is 1. The number of likely N-dealkylation sites (tertiary alicyclic amines) is 1. The fourth-order valence-corrected chi connectivity index (χ4v) is 3.93. The van der Waals surface area contributed by atoms with E-state index in [2.05, 4.69) is 64.3 Å². The molecule has 5 nitrogen and oxygen atoms in total. The van der Waals surface area contributed by atoms with E-state index >= 15 is 0 Å². The molecule has 3 heterocycles. The Morgan fingerprint density at radius 1 is 1.15 bits per heavy atom. The van der Waals surface area contributed by atoms with Gasteiger partial charge in [-0.05, 0) is 38.4 Å². The predicted octanol–water partition coefficient (Wildman–Crippen LogP) is 4.05. The lowest BCUT2D eigenvalue weighted by molar-refractivity contribution is 0.201. The monoisotopic (exact) mass is 349 g/mol. The normalized spacial score (nSPS) is 16.2. The van der Waals surface area contributed by atoms with Crippen LogP contribution in [-0.2, 0) is 13.0 Å². The molecule has 4 rings (SSSR count). The summed E-state index contributed by atoms with van der Waals surface area (Å²) in [4.78, 5) is 10.6. The van der Waals surface area contributed by atoms with Crippen LogP contribution in [0.15, 0.2) is 36.5 Å². The Hall–Kier alpha value is -2.40. The molecule has 0 aliphatic carbocycles. The third-order valence-electron chi connectivity index (χ3n) is 5.49. The summed E-state index contributed by atoms with van der Waals surface area (Å²) >= 11 is 0. The molecule has 2 N–H and O–H groups in total. The van der Waals surface area contributed by atoms with Crippen LogP contribution in [0.4, 0.5) is 0 Å². The van der Waals surface area contributed by atoms with Gasteiger partial charge in [0.05, 0.1) is 11.9 Å². The molecule has 0 amide bonds. The fourth-order valence-electron chi connectivity index (χ4n) is 3.93. The number of aromatic amines is 2. The minimum Gasteiger partial charge on any atom is -0.346 e. The molecule has 136 valence electrons. The molecule has 26 heavy (non-hydrogen) atoms. The number of imidazole rings is 1. The largest absolute Gasteiger partial charge is 0.346 e. The molecule has 0 bridgehead atoms. The van der Waals surface area contributed by atoms with Gasteiger partial charge in [0.1, 0.15) is 5.82 Å². The van der Waals surface area contributed by atoms with Gasteiger partial charge in [0.15, 0.2) is 0 Å². The molecule has 3 aromatic rings. The van der Waals surface area contributed by atoms with E-state index in [1.165, 1.54) is 28.2 Å². The standard InChI is InChI=1S/C21H27N5/c1-3-20-23-15(2)19(24-20)14-26-11-9-17(10-12-26)21-18(13-22-25-21)16-7-5-4-6-8-16/h4-8,13,17H,3,9-12,14H2,1-2H3,(H,22,25)(H,23,24). The molecule has 1 fully saturated rings. The van der Waals surface area contributed by atoms with Gasteiger partial charge in [0.25, 0.3) is 0 Å². The van der Waals surface area contributed by atoms with Gasteiger partial charge in [-0.15, -0.1) is 0 Å². The third-order valence-corrected chi connectivity index (χ3v) is 5.49. The molecular formula is C21H27N5. The van der Waals surface area contributed by atoms with Crippen LogP contribution in [-0.4, -0.2) is 38.2 Å². The number of aryl methyl sites for hydroxylation is 2. The van der Waals surface area contributed by atoms with Crippen molar-refractivity contribution in [1.82, 2.24) is 25.1 Å². The number of hydrogen-bond acceptors (Lipinski definition) is 3. The number of rotatable bonds is 5. The first kappa shape index (κ1) is 17.0. The number of hydrogen-bond donors (Lipinski definition) is 2. The van der Waals surface area contributed by atoms with Gasteiger partial charge in [0, 0.05) is 35.8 Å². The predicted molar refractivity (Wildman–Crippen MR) is 104 cm³/mol. The van der Waals surface area contributed by atoms with Crippen LogP contribution < -0.4 is 0 Å². The molecule has 2 aromatic heterocycles. The zero-order valence-corrected chi connectivity index (χ0v) is 15.6. The molecule has 1 saturated heterocycles. The van der Waals surface area contributed by atoms with E-state index < -0.39 is 0 Å². The van der Waals surface area contributed by atoms with Crippen LogP contribution >= 0.6 is 0 Å². The zero-order chi connectivity index (χ0) is 17.9. The van der Waals surface area contributed by atoms with Gasteiger partial charge in [-0.25, -0.2) is 4.98 Å². The number of aromatic nitrogens is 4. The zero-order valence-electron chi connectivity index (χ0n) is 15.6. The lowest BCUT2D eigenvalue weighted by atomic mass is 9.89. The highest BCUT2D eigenvalue weighted by atomic mass is 15.2. The van der Waals surface area contributed by atoms with Crippen molar-refractivity contribution in [3.05, 3.63) is 59.4 Å².